The van der Waals surface area contributed by atoms with E-state index >= 15 is 0 Å². The van der Waals surface area contributed by atoms with Crippen molar-refractivity contribution in [2.45, 2.75) is 26.4 Å². The maximum Gasteiger partial charge on any atom is 0.254 e. The minimum absolute atomic E-state index is 0.150. The smallest absolute Gasteiger partial charge is 0.254 e. The molecule has 6 nitrogen and oxygen atoms in total. The zero-order valence-corrected chi connectivity index (χ0v) is 11.5. The molecule has 0 bridgehead atoms. The maximum absolute atomic E-state index is 11.9. The summed E-state index contributed by atoms with van der Waals surface area (Å²) in [5.74, 6) is 0.542. The molecule has 0 spiro atoms. The van der Waals surface area contributed by atoms with Crippen LogP contribution in [0.2, 0.25) is 0 Å². The van der Waals surface area contributed by atoms with Crippen molar-refractivity contribution < 1.29 is 9.53 Å². The summed E-state index contributed by atoms with van der Waals surface area (Å²) in [4.78, 5) is 22.8. The zero-order chi connectivity index (χ0) is 13.7. The minimum atomic E-state index is -0.150. The fourth-order valence-corrected chi connectivity index (χ4v) is 2.17. The van der Waals surface area contributed by atoms with Gasteiger partial charge in [0.25, 0.3) is 5.91 Å². The number of rotatable bonds is 5. The van der Waals surface area contributed by atoms with Crippen LogP contribution in [0.15, 0.2) is 6.20 Å². The van der Waals surface area contributed by atoms with Crippen molar-refractivity contribution in [3.05, 3.63) is 17.5 Å². The number of amides is 1. The number of hydrogen-bond acceptors (Lipinski definition) is 5. The second-order valence-electron chi connectivity index (χ2n) is 4.52. The molecule has 0 atom stereocenters. The average Bonchev–Trinajstić information content (AvgIpc) is 2.93. The quantitative estimate of drug-likeness (QED) is 0.858. The molecule has 1 amide bonds. The van der Waals surface area contributed by atoms with E-state index in [1.807, 2.05) is 6.92 Å². The molecule has 6 heteroatoms. The Hall–Kier alpha value is -1.69. The third-order valence-electron chi connectivity index (χ3n) is 3.11. The molecule has 0 saturated carbocycles. The molecule has 1 saturated heterocycles. The number of carbonyl (C=O) groups excluding carboxylic acids is 1. The van der Waals surface area contributed by atoms with E-state index in [0.717, 1.165) is 13.1 Å². The number of nitrogens with one attached hydrogen (secondary N) is 1. The Bertz CT molecular complexity index is 444. The Morgan fingerprint density at radius 1 is 1.47 bits per heavy atom. The van der Waals surface area contributed by atoms with E-state index in [-0.39, 0.29) is 5.91 Å². The standard InChI is InChI=1S/C13H20N4O2/c1-3-14-12(18)10-8-15-13(16-11(10)9-19-2)17-6-4-5-7-17/h8H,3-7,9H2,1-2H3,(H,14,18). The summed E-state index contributed by atoms with van der Waals surface area (Å²) in [6.45, 7) is 4.74. The first kappa shape index (κ1) is 13.7. The van der Waals surface area contributed by atoms with Gasteiger partial charge >= 0.3 is 0 Å². The van der Waals surface area contributed by atoms with Gasteiger partial charge in [-0.15, -0.1) is 0 Å². The molecule has 1 fully saturated rings. The third-order valence-corrected chi connectivity index (χ3v) is 3.11. The van der Waals surface area contributed by atoms with E-state index < -0.39 is 0 Å². The largest absolute Gasteiger partial charge is 0.378 e. The van der Waals surface area contributed by atoms with Crippen molar-refractivity contribution in [3.8, 4) is 0 Å². The minimum Gasteiger partial charge on any atom is -0.378 e. The Morgan fingerprint density at radius 2 is 2.21 bits per heavy atom. The number of nitrogens with zero attached hydrogens (tertiary/aromatic N) is 3. The monoisotopic (exact) mass is 264 g/mol. The number of ether oxygens (including phenoxy) is 1. The van der Waals surface area contributed by atoms with Crippen LogP contribution in [0, 0.1) is 0 Å². The van der Waals surface area contributed by atoms with Gasteiger partial charge in [-0.3, -0.25) is 4.79 Å². The van der Waals surface area contributed by atoms with Gasteiger partial charge in [0.15, 0.2) is 0 Å². The summed E-state index contributed by atoms with van der Waals surface area (Å²) in [5.41, 5.74) is 1.14. The van der Waals surface area contributed by atoms with E-state index in [9.17, 15) is 4.79 Å². The summed E-state index contributed by atoms with van der Waals surface area (Å²) in [6.07, 6.45) is 3.93. The lowest BCUT2D eigenvalue weighted by molar-refractivity contribution is 0.0949. The molecular formula is C13H20N4O2. The summed E-state index contributed by atoms with van der Waals surface area (Å²) in [7, 11) is 1.60. The van der Waals surface area contributed by atoms with E-state index in [0.29, 0.717) is 30.4 Å². The second-order valence-corrected chi connectivity index (χ2v) is 4.52. The van der Waals surface area contributed by atoms with E-state index in [2.05, 4.69) is 20.2 Å². The van der Waals surface area contributed by atoms with Gasteiger partial charge in [-0.05, 0) is 19.8 Å². The Labute approximate surface area is 113 Å². The summed E-state index contributed by atoms with van der Waals surface area (Å²) >= 11 is 0. The molecule has 0 radical (unpaired) electrons. The van der Waals surface area contributed by atoms with Crippen molar-refractivity contribution in [2.75, 3.05) is 31.6 Å². The summed E-state index contributed by atoms with van der Waals surface area (Å²) in [6, 6.07) is 0. The first-order chi connectivity index (χ1) is 9.26. The number of carbonyl (C=O) groups is 1. The second kappa shape index (κ2) is 6.47. The first-order valence-corrected chi connectivity index (χ1v) is 6.64. The normalized spacial score (nSPS) is 14.7. The molecule has 19 heavy (non-hydrogen) atoms. The van der Waals surface area contributed by atoms with Crippen molar-refractivity contribution in [2.24, 2.45) is 0 Å². The number of methoxy groups -OCH3 is 1. The highest BCUT2D eigenvalue weighted by molar-refractivity contribution is 5.95. The maximum atomic E-state index is 11.9. The average molecular weight is 264 g/mol. The number of hydrogen-bond donors (Lipinski definition) is 1. The van der Waals surface area contributed by atoms with Crippen LogP contribution in [-0.2, 0) is 11.3 Å². The van der Waals surface area contributed by atoms with E-state index in [1.165, 1.54) is 12.8 Å². The van der Waals surface area contributed by atoms with Crippen molar-refractivity contribution in [1.29, 1.82) is 0 Å². The molecule has 0 aliphatic carbocycles. The molecule has 104 valence electrons. The molecule has 0 unspecified atom stereocenters. The summed E-state index contributed by atoms with van der Waals surface area (Å²) in [5, 5.41) is 2.76. The lowest BCUT2D eigenvalue weighted by atomic mass is 10.2. The molecule has 1 aliphatic rings. The number of anilines is 1. The topological polar surface area (TPSA) is 67.4 Å². The van der Waals surface area contributed by atoms with Gasteiger partial charge in [-0.2, -0.15) is 0 Å². The number of aromatic nitrogens is 2. The molecule has 1 N–H and O–H groups in total. The van der Waals surface area contributed by atoms with Crippen molar-refractivity contribution in [3.63, 3.8) is 0 Å². The van der Waals surface area contributed by atoms with Crippen LogP contribution in [0.25, 0.3) is 0 Å². The van der Waals surface area contributed by atoms with Crippen LogP contribution in [0.1, 0.15) is 35.8 Å². The van der Waals surface area contributed by atoms with Crippen LogP contribution < -0.4 is 10.2 Å². The third kappa shape index (κ3) is 3.20. The van der Waals surface area contributed by atoms with Crippen molar-refractivity contribution >= 4 is 11.9 Å². The van der Waals surface area contributed by atoms with Gasteiger partial charge in [-0.1, -0.05) is 0 Å². The summed E-state index contributed by atoms with van der Waals surface area (Å²) < 4.78 is 5.13. The van der Waals surface area contributed by atoms with Gasteiger partial charge in [0.2, 0.25) is 5.95 Å². The Balaban J connectivity index is 2.26. The molecular weight excluding hydrogens is 244 g/mol. The van der Waals surface area contributed by atoms with E-state index in [4.69, 9.17) is 4.74 Å². The van der Waals surface area contributed by atoms with Gasteiger partial charge in [0.1, 0.15) is 0 Å². The highest BCUT2D eigenvalue weighted by Gasteiger charge is 2.19. The SMILES string of the molecule is CCNC(=O)c1cnc(N2CCCC2)nc1COC. The van der Waals surface area contributed by atoms with Crippen LogP contribution in [0.5, 0.6) is 0 Å². The molecule has 1 aromatic heterocycles. The van der Waals surface area contributed by atoms with Crippen LogP contribution in [0.3, 0.4) is 0 Å². The van der Waals surface area contributed by atoms with Crippen LogP contribution in [0.4, 0.5) is 5.95 Å². The molecule has 1 aliphatic heterocycles. The van der Waals surface area contributed by atoms with Crippen molar-refractivity contribution in [1.82, 2.24) is 15.3 Å². The Morgan fingerprint density at radius 3 is 2.84 bits per heavy atom. The molecule has 2 heterocycles. The zero-order valence-electron chi connectivity index (χ0n) is 11.5. The lowest BCUT2D eigenvalue weighted by Gasteiger charge is -2.17. The first-order valence-electron chi connectivity index (χ1n) is 6.64. The highest BCUT2D eigenvalue weighted by atomic mass is 16.5. The van der Waals surface area contributed by atoms with Gasteiger partial charge in [0, 0.05) is 32.9 Å². The fraction of sp³-hybridized carbons (Fsp3) is 0.615. The van der Waals surface area contributed by atoms with Gasteiger partial charge in [-0.25, -0.2) is 9.97 Å². The highest BCUT2D eigenvalue weighted by Crippen LogP contribution is 2.17. The Kier molecular flexibility index (Phi) is 4.68. The van der Waals surface area contributed by atoms with Gasteiger partial charge < -0.3 is 15.0 Å². The van der Waals surface area contributed by atoms with E-state index in [1.54, 1.807) is 13.3 Å². The predicted octanol–water partition coefficient (Wildman–Crippen LogP) is 0.973. The predicted molar refractivity (Wildman–Crippen MR) is 72.2 cm³/mol. The van der Waals surface area contributed by atoms with Crippen LogP contribution in [-0.4, -0.2) is 42.6 Å². The molecule has 1 aromatic rings. The van der Waals surface area contributed by atoms with Crippen LogP contribution >= 0.6 is 0 Å². The molecule has 0 aromatic carbocycles. The lowest BCUT2D eigenvalue weighted by Crippen LogP contribution is -2.26. The van der Waals surface area contributed by atoms with Gasteiger partial charge in [0.05, 0.1) is 17.9 Å². The fourth-order valence-electron chi connectivity index (χ4n) is 2.17. The molecule has 2 rings (SSSR count).